The quantitative estimate of drug-likeness (QED) is 0.0761. The first-order valence-electron chi connectivity index (χ1n) is 25.9. The Labute approximate surface area is 463 Å². The third kappa shape index (κ3) is 16.5. The second-order valence-electron chi connectivity index (χ2n) is 19.3. The van der Waals surface area contributed by atoms with Crippen LogP contribution in [0.1, 0.15) is 169 Å². The molecule has 4 aliphatic carbocycles. The third-order valence-electron chi connectivity index (χ3n) is 14.3. The number of halogens is 4. The van der Waals surface area contributed by atoms with E-state index in [1.165, 1.54) is 147 Å². The van der Waals surface area contributed by atoms with Crippen LogP contribution in [0.25, 0.3) is 0 Å². The summed E-state index contributed by atoms with van der Waals surface area (Å²) in [7, 11) is 0. The minimum atomic E-state index is 0. The third-order valence-corrected chi connectivity index (χ3v) is 14.3. The van der Waals surface area contributed by atoms with Crippen LogP contribution in [0.2, 0.25) is 0 Å². The minimum absolute atomic E-state index is 0. The lowest BCUT2D eigenvalue weighted by atomic mass is 9.93. The molecule has 0 spiro atoms. The van der Waals surface area contributed by atoms with E-state index < -0.39 is 0 Å². The molecule has 8 heteroatoms. The highest BCUT2D eigenvalue weighted by Gasteiger charge is 2.17. The summed E-state index contributed by atoms with van der Waals surface area (Å²) in [5.41, 5.74) is 16.1. The summed E-state index contributed by atoms with van der Waals surface area (Å²) in [6.45, 7) is 3.93. The van der Waals surface area contributed by atoms with Crippen LogP contribution in [0.3, 0.4) is 0 Å². The summed E-state index contributed by atoms with van der Waals surface area (Å²) in [6, 6.07) is 13.7. The highest BCUT2D eigenvalue weighted by atomic mass is 79.9. The molecule has 0 saturated heterocycles. The number of hydrogen-bond donors (Lipinski definition) is 0. The monoisotopic (exact) mass is 1190 g/mol. The maximum absolute atomic E-state index is 3.59. The van der Waals surface area contributed by atoms with Gasteiger partial charge in [-0.2, -0.15) is 0 Å². The first-order chi connectivity index (χ1) is 32.7. The predicted octanol–water partition coefficient (Wildman–Crippen LogP) is -2.30. The van der Waals surface area contributed by atoms with E-state index >= 15 is 0 Å². The van der Waals surface area contributed by atoms with Crippen LogP contribution in [0.5, 0.6) is 0 Å². The lowest BCUT2D eigenvalue weighted by Gasteiger charge is -2.13. The van der Waals surface area contributed by atoms with Gasteiger partial charge in [0.25, 0.3) is 0 Å². The van der Waals surface area contributed by atoms with Gasteiger partial charge in [0, 0.05) is 120 Å². The van der Waals surface area contributed by atoms with Crippen molar-refractivity contribution in [1.29, 1.82) is 0 Å². The summed E-state index contributed by atoms with van der Waals surface area (Å²) >= 11 is 0. The number of aryl methyl sites for hydroxylation is 12. The molecule has 0 radical (unpaired) electrons. The zero-order valence-electron chi connectivity index (χ0n) is 41.2. The normalized spacial score (nSPS) is 13.7. The second-order valence-corrected chi connectivity index (χ2v) is 19.3. The lowest BCUT2D eigenvalue weighted by Crippen LogP contribution is -3.00. The molecule has 366 valence electrons. The van der Waals surface area contributed by atoms with Crippen molar-refractivity contribution < 1.29 is 86.2 Å². The standard InChI is InChI=1S/C62H70N4.4BrH/c1(17-37-63-41-33-51-21-9-13-29-59(51)47-63)5-25-55-45-57(27-7-3-19-39-65-43-35-53-23-11-15-31-61(53)49-65)58(28-8-4-20-40-66-44-36-54-24-12-16-32-62(54)50-66)46-56(55)26-6-2-18-38-64-42-34-52-22-10-14-30-60(52)48-64;;;;/h33-36,41-50H,1-4,9-24,29-32,37-40H2;4*1H/q+4;;;;/p-4. The fourth-order valence-corrected chi connectivity index (χ4v) is 10.5. The van der Waals surface area contributed by atoms with Gasteiger partial charge in [-0.25, -0.2) is 18.3 Å². The molecule has 9 rings (SSSR count). The van der Waals surface area contributed by atoms with Crippen molar-refractivity contribution in [3.8, 4) is 47.4 Å². The molecular formula is C62H70Br4N4. The highest BCUT2D eigenvalue weighted by molar-refractivity contribution is 5.61. The van der Waals surface area contributed by atoms with Gasteiger partial charge in [0.2, 0.25) is 0 Å². The number of nitrogens with zero attached hydrogens (tertiary/aromatic N) is 4. The van der Waals surface area contributed by atoms with E-state index in [2.05, 4.69) is 152 Å². The molecule has 4 aromatic heterocycles. The smallest absolute Gasteiger partial charge is 0.172 e. The van der Waals surface area contributed by atoms with Crippen LogP contribution < -0.4 is 86.2 Å². The van der Waals surface area contributed by atoms with Gasteiger partial charge in [0.1, 0.15) is 26.2 Å². The highest BCUT2D eigenvalue weighted by Crippen LogP contribution is 2.22. The van der Waals surface area contributed by atoms with Crippen molar-refractivity contribution in [2.45, 2.75) is 180 Å². The number of pyridine rings is 4. The van der Waals surface area contributed by atoms with Crippen LogP contribution in [-0.4, -0.2) is 0 Å². The molecular weight excluding hydrogens is 1120 g/mol. The maximum atomic E-state index is 3.59. The van der Waals surface area contributed by atoms with Crippen LogP contribution in [-0.2, 0) is 77.5 Å². The van der Waals surface area contributed by atoms with Crippen LogP contribution >= 0.6 is 0 Å². The van der Waals surface area contributed by atoms with E-state index in [1.54, 1.807) is 0 Å². The van der Waals surface area contributed by atoms with E-state index in [0.717, 1.165) is 99.8 Å². The maximum Gasteiger partial charge on any atom is 0.172 e. The van der Waals surface area contributed by atoms with Gasteiger partial charge in [-0.1, -0.05) is 47.4 Å². The van der Waals surface area contributed by atoms with Crippen molar-refractivity contribution in [1.82, 2.24) is 0 Å². The van der Waals surface area contributed by atoms with Gasteiger partial charge in [0.05, 0.1) is 0 Å². The molecule has 0 bridgehead atoms. The largest absolute Gasteiger partial charge is 1.00 e. The average Bonchev–Trinajstić information content (AvgIpc) is 3.36. The zero-order valence-corrected chi connectivity index (χ0v) is 47.5. The van der Waals surface area contributed by atoms with Gasteiger partial charge < -0.3 is 67.9 Å². The Balaban J connectivity index is 0.00000228. The Morgan fingerprint density at radius 1 is 0.300 bits per heavy atom. The molecule has 0 aliphatic heterocycles. The molecule has 4 heterocycles. The molecule has 1 aromatic carbocycles. The Hall–Kier alpha value is -4.02. The topological polar surface area (TPSA) is 15.5 Å². The molecule has 0 atom stereocenters. The number of benzene rings is 1. The Bertz CT molecular complexity index is 2410. The van der Waals surface area contributed by atoms with Gasteiger partial charge in [0.15, 0.2) is 49.6 Å². The van der Waals surface area contributed by atoms with Crippen molar-refractivity contribution >= 4 is 0 Å². The lowest BCUT2D eigenvalue weighted by molar-refractivity contribution is -0.697. The van der Waals surface area contributed by atoms with E-state index in [1.807, 2.05) is 0 Å². The van der Waals surface area contributed by atoms with Gasteiger partial charge in [-0.15, -0.1) is 0 Å². The molecule has 5 aromatic rings. The van der Waals surface area contributed by atoms with Gasteiger partial charge >= 0.3 is 0 Å². The molecule has 0 unspecified atom stereocenters. The number of rotatable bonds is 12. The van der Waals surface area contributed by atoms with E-state index in [4.69, 9.17) is 0 Å². The second kappa shape index (κ2) is 30.1. The Morgan fingerprint density at radius 3 is 0.743 bits per heavy atom. The fourth-order valence-electron chi connectivity index (χ4n) is 10.5. The molecule has 4 nitrogen and oxygen atoms in total. The molecule has 4 aliphatic rings. The number of fused-ring (bicyclic) bond motifs is 4. The summed E-state index contributed by atoms with van der Waals surface area (Å²) in [4.78, 5) is 0. The number of aromatic nitrogens is 4. The Morgan fingerprint density at radius 2 is 0.514 bits per heavy atom. The van der Waals surface area contributed by atoms with Crippen molar-refractivity contribution in [2.24, 2.45) is 0 Å². The van der Waals surface area contributed by atoms with Crippen molar-refractivity contribution in [3.63, 3.8) is 0 Å². The summed E-state index contributed by atoms with van der Waals surface area (Å²) in [6.07, 6.45) is 46.2. The first kappa shape index (κ1) is 56.9. The zero-order chi connectivity index (χ0) is 44.6. The average molecular weight is 1190 g/mol. The summed E-state index contributed by atoms with van der Waals surface area (Å²) < 4.78 is 9.45. The van der Waals surface area contributed by atoms with Crippen LogP contribution in [0.4, 0.5) is 0 Å². The van der Waals surface area contributed by atoms with Crippen molar-refractivity contribution in [3.05, 3.63) is 153 Å². The molecule has 0 fully saturated rings. The molecule has 0 saturated carbocycles. The SMILES string of the molecule is C(#Cc1cc(C#CCCC[n+]2ccc3c(c2)CCCC3)c(C#CCCC[n+]2ccc3c(c2)CCCC3)cc1C#CCCC[n+]1ccc2c(c1)CCCC2)CCC[n+]1ccc2c(c1)CCCC2.[Br-].[Br-].[Br-].[Br-]. The predicted molar refractivity (Wildman–Crippen MR) is 264 cm³/mol. The van der Waals surface area contributed by atoms with E-state index in [-0.39, 0.29) is 67.9 Å². The molecule has 70 heavy (non-hydrogen) atoms. The number of unbranched alkanes of at least 4 members (excludes halogenated alkanes) is 4. The van der Waals surface area contributed by atoms with E-state index in [0.29, 0.717) is 0 Å². The number of hydrogen-bond acceptors (Lipinski definition) is 0. The molecule has 0 N–H and O–H groups in total. The Kier molecular flexibility index (Phi) is 24.5. The van der Waals surface area contributed by atoms with E-state index in [9.17, 15) is 0 Å². The van der Waals surface area contributed by atoms with Crippen molar-refractivity contribution in [2.75, 3.05) is 0 Å². The molecule has 0 amide bonds. The minimum Gasteiger partial charge on any atom is -1.00 e. The summed E-state index contributed by atoms with van der Waals surface area (Å²) in [5, 5.41) is 0. The van der Waals surface area contributed by atoms with Crippen LogP contribution in [0, 0.1) is 47.4 Å². The van der Waals surface area contributed by atoms with Gasteiger partial charge in [-0.05, 0) is 137 Å². The van der Waals surface area contributed by atoms with Gasteiger partial charge in [-0.3, -0.25) is 0 Å². The first-order valence-corrected chi connectivity index (χ1v) is 25.9. The van der Waals surface area contributed by atoms with Crippen LogP contribution in [0.15, 0.2) is 86.0 Å². The summed E-state index contributed by atoms with van der Waals surface area (Å²) in [5.74, 6) is 28.6. The fraction of sp³-hybridized carbons (Fsp3) is 0.452.